The molecule has 0 spiro atoms. The fourth-order valence-electron chi connectivity index (χ4n) is 8.03. The summed E-state index contributed by atoms with van der Waals surface area (Å²) in [5.41, 5.74) is 9.64. The molecule has 1 aliphatic heterocycles. The van der Waals surface area contributed by atoms with E-state index in [0.29, 0.717) is 0 Å². The molecular weight excluding hydrogens is 629 g/mol. The van der Waals surface area contributed by atoms with Gasteiger partial charge < -0.3 is 4.57 Å². The van der Waals surface area contributed by atoms with Crippen molar-refractivity contribution in [1.82, 2.24) is 19.5 Å². The third-order valence-corrected chi connectivity index (χ3v) is 11.6. The lowest BCUT2D eigenvalue weighted by Gasteiger charge is -2.27. The van der Waals surface area contributed by atoms with Crippen LogP contribution in [0.15, 0.2) is 157 Å². The minimum absolute atomic E-state index is 0.0983. The number of fused-ring (bicyclic) bond motifs is 6. The molecule has 0 N–H and O–H groups in total. The zero-order chi connectivity index (χ0) is 33.0. The van der Waals surface area contributed by atoms with Crippen molar-refractivity contribution >= 4 is 50.4 Å². The Kier molecular flexibility index (Phi) is 7.12. The van der Waals surface area contributed by atoms with Crippen LogP contribution in [0.4, 0.5) is 0 Å². The van der Waals surface area contributed by atoms with E-state index in [-0.39, 0.29) is 17.1 Å². The van der Waals surface area contributed by atoms with Crippen molar-refractivity contribution in [3.63, 3.8) is 0 Å². The maximum atomic E-state index is 5.33. The standard InChI is InChI=1S/C45H34N4S/c1-4-15-29(16-5-1)33-23-14-24-35-34-21-10-12-25-38(34)49(42(33)35)32-27-37(41-36-22-11-13-26-39(36)50-40(41)28-32)45-47-43(30-17-6-2-7-18-30)46-44(48-45)31-19-8-3-9-20-31/h2-4,6-19,21-28,31,40-41H,1,5,20H2. The maximum absolute atomic E-state index is 5.33. The van der Waals surface area contributed by atoms with E-state index < -0.39 is 0 Å². The summed E-state index contributed by atoms with van der Waals surface area (Å²) in [5, 5.41) is 2.72. The number of hydrogen-bond acceptors (Lipinski definition) is 4. The Morgan fingerprint density at radius 2 is 1.56 bits per heavy atom. The van der Waals surface area contributed by atoms with Gasteiger partial charge >= 0.3 is 0 Å². The fraction of sp³-hybridized carbons (Fsp3) is 0.133. The second kappa shape index (κ2) is 12.1. The van der Waals surface area contributed by atoms with Gasteiger partial charge in [-0.15, -0.1) is 11.8 Å². The molecule has 3 aliphatic carbocycles. The second-order valence-corrected chi connectivity index (χ2v) is 14.6. The van der Waals surface area contributed by atoms with Crippen molar-refractivity contribution in [3.8, 4) is 11.4 Å². The lowest BCUT2D eigenvalue weighted by Crippen LogP contribution is -2.19. The number of benzene rings is 4. The van der Waals surface area contributed by atoms with Crippen LogP contribution >= 0.6 is 11.8 Å². The molecule has 3 unspecified atom stereocenters. The SMILES string of the molecule is C1=CCC(c2nc(C3=CC(n4c5ccccc5c5cccc(C6=CCCC=C6)c54)=CC4Sc5ccccc5C34)nc(-c3ccccc3)n2)C=C1. The molecule has 0 fully saturated rings. The minimum Gasteiger partial charge on any atom is -0.309 e. The highest BCUT2D eigenvalue weighted by Gasteiger charge is 2.39. The number of rotatable bonds is 5. The number of aromatic nitrogens is 4. The average molecular weight is 663 g/mol. The molecule has 50 heavy (non-hydrogen) atoms. The summed E-state index contributed by atoms with van der Waals surface area (Å²) in [6, 6.07) is 34.8. The van der Waals surface area contributed by atoms with Gasteiger partial charge in [-0.25, -0.2) is 15.0 Å². The topological polar surface area (TPSA) is 43.6 Å². The van der Waals surface area contributed by atoms with E-state index in [1.54, 1.807) is 0 Å². The van der Waals surface area contributed by atoms with Crippen LogP contribution in [-0.2, 0) is 0 Å². The number of para-hydroxylation sites is 2. The van der Waals surface area contributed by atoms with Crippen LogP contribution in [0.25, 0.3) is 50.0 Å². The largest absolute Gasteiger partial charge is 0.309 e. The third kappa shape index (κ3) is 4.87. The highest BCUT2D eigenvalue weighted by molar-refractivity contribution is 8.00. The van der Waals surface area contributed by atoms with Gasteiger partial charge in [0.15, 0.2) is 11.6 Å². The molecule has 3 heterocycles. The first-order valence-electron chi connectivity index (χ1n) is 17.5. The Labute approximate surface area is 296 Å². The quantitative estimate of drug-likeness (QED) is 0.184. The third-order valence-electron chi connectivity index (χ3n) is 10.3. The van der Waals surface area contributed by atoms with Crippen LogP contribution in [0.5, 0.6) is 0 Å². The van der Waals surface area contributed by atoms with E-state index in [9.17, 15) is 0 Å². The highest BCUT2D eigenvalue weighted by atomic mass is 32.2. The van der Waals surface area contributed by atoms with Crippen LogP contribution in [-0.4, -0.2) is 24.8 Å². The first-order chi connectivity index (χ1) is 24.8. The van der Waals surface area contributed by atoms with E-state index in [0.717, 1.165) is 53.6 Å². The van der Waals surface area contributed by atoms with Crippen LogP contribution in [0.3, 0.4) is 0 Å². The van der Waals surface area contributed by atoms with Crippen LogP contribution < -0.4 is 0 Å². The van der Waals surface area contributed by atoms with Gasteiger partial charge in [0.2, 0.25) is 0 Å². The maximum Gasteiger partial charge on any atom is 0.163 e. The molecular formula is C45H34N4S. The minimum atomic E-state index is 0.0983. The van der Waals surface area contributed by atoms with Gasteiger partial charge in [0, 0.05) is 55.2 Å². The molecule has 3 atom stereocenters. The Morgan fingerprint density at radius 1 is 0.720 bits per heavy atom. The van der Waals surface area contributed by atoms with E-state index >= 15 is 0 Å². The normalized spacial score (nSPS) is 20.8. The molecule has 0 radical (unpaired) electrons. The van der Waals surface area contributed by atoms with E-state index in [1.807, 2.05) is 17.8 Å². The highest BCUT2D eigenvalue weighted by Crippen LogP contribution is 2.55. The van der Waals surface area contributed by atoms with Crippen LogP contribution in [0.2, 0.25) is 0 Å². The van der Waals surface area contributed by atoms with E-state index in [1.165, 1.54) is 43.4 Å². The summed E-state index contributed by atoms with van der Waals surface area (Å²) in [6.07, 6.45) is 23.5. The zero-order valence-corrected chi connectivity index (χ0v) is 28.3. The summed E-state index contributed by atoms with van der Waals surface area (Å²) in [7, 11) is 0. The molecule has 6 aromatic rings. The van der Waals surface area contributed by atoms with Gasteiger partial charge in [-0.1, -0.05) is 127 Å². The Morgan fingerprint density at radius 3 is 2.44 bits per heavy atom. The first-order valence-corrected chi connectivity index (χ1v) is 18.4. The molecule has 2 aromatic heterocycles. The monoisotopic (exact) mass is 662 g/mol. The summed E-state index contributed by atoms with van der Waals surface area (Å²) in [4.78, 5) is 17.0. The predicted octanol–water partition coefficient (Wildman–Crippen LogP) is 11.2. The number of thioether (sulfide) groups is 1. The molecule has 5 heteroatoms. The Balaban J connectivity index is 1.24. The number of allylic oxidation sites excluding steroid dienone is 11. The van der Waals surface area contributed by atoms with Crippen molar-refractivity contribution in [2.24, 2.45) is 0 Å². The average Bonchev–Trinajstić information content (AvgIpc) is 3.74. The summed E-state index contributed by atoms with van der Waals surface area (Å²) < 4.78 is 2.50. The fourth-order valence-corrected chi connectivity index (χ4v) is 9.45. The molecule has 4 nitrogen and oxygen atoms in total. The Hall–Kier alpha value is -5.52. The molecule has 0 bridgehead atoms. The van der Waals surface area contributed by atoms with Gasteiger partial charge in [-0.05, 0) is 54.7 Å². The van der Waals surface area contributed by atoms with Crippen molar-refractivity contribution in [2.75, 3.05) is 0 Å². The van der Waals surface area contributed by atoms with Gasteiger partial charge in [0.1, 0.15) is 5.82 Å². The van der Waals surface area contributed by atoms with Crippen molar-refractivity contribution in [3.05, 3.63) is 175 Å². The van der Waals surface area contributed by atoms with Crippen molar-refractivity contribution in [1.29, 1.82) is 0 Å². The Bertz CT molecular complexity index is 2510. The molecule has 10 rings (SSSR count). The molecule has 4 aromatic carbocycles. The van der Waals surface area contributed by atoms with Gasteiger partial charge in [0.25, 0.3) is 0 Å². The zero-order valence-electron chi connectivity index (χ0n) is 27.5. The van der Waals surface area contributed by atoms with Crippen molar-refractivity contribution < 1.29 is 0 Å². The summed E-state index contributed by atoms with van der Waals surface area (Å²) in [6.45, 7) is 0. The van der Waals surface area contributed by atoms with Crippen molar-refractivity contribution in [2.45, 2.75) is 41.2 Å². The summed E-state index contributed by atoms with van der Waals surface area (Å²) >= 11 is 1.95. The smallest absolute Gasteiger partial charge is 0.163 e. The second-order valence-electron chi connectivity index (χ2n) is 13.3. The molecule has 0 amide bonds. The molecule has 240 valence electrons. The lowest BCUT2D eigenvalue weighted by molar-refractivity contribution is 0.751. The van der Waals surface area contributed by atoms with Crippen LogP contribution in [0.1, 0.15) is 53.9 Å². The molecule has 4 aliphatic rings. The van der Waals surface area contributed by atoms with Gasteiger partial charge in [-0.2, -0.15) is 0 Å². The van der Waals surface area contributed by atoms with Crippen LogP contribution in [0, 0.1) is 0 Å². The summed E-state index contributed by atoms with van der Waals surface area (Å²) in [5.74, 6) is 2.51. The predicted molar refractivity (Wildman–Crippen MR) is 208 cm³/mol. The number of hydrogen-bond donors (Lipinski definition) is 0. The first kappa shape index (κ1) is 29.4. The lowest BCUT2D eigenvalue weighted by atomic mass is 9.83. The van der Waals surface area contributed by atoms with E-state index in [2.05, 4.69) is 150 Å². The molecule has 0 saturated heterocycles. The van der Waals surface area contributed by atoms with E-state index in [4.69, 9.17) is 15.0 Å². The molecule has 0 saturated carbocycles. The number of nitrogens with zero attached hydrogens (tertiary/aromatic N) is 4. The van der Waals surface area contributed by atoms with Gasteiger partial charge in [-0.3, -0.25) is 0 Å². The van der Waals surface area contributed by atoms with Gasteiger partial charge in [0.05, 0.1) is 11.0 Å².